The van der Waals surface area contributed by atoms with Crippen molar-refractivity contribution in [3.63, 3.8) is 0 Å². The van der Waals surface area contributed by atoms with Crippen LogP contribution in [-0.2, 0) is 19.1 Å². The number of carbonyl (C=O) groups is 3. The average molecular weight is 390 g/mol. The number of aldehydes is 1. The van der Waals surface area contributed by atoms with Gasteiger partial charge >= 0.3 is 11.9 Å². The van der Waals surface area contributed by atoms with Gasteiger partial charge in [-0.25, -0.2) is 0 Å². The fourth-order valence-corrected chi connectivity index (χ4v) is 3.48. The molecule has 0 aliphatic carbocycles. The van der Waals surface area contributed by atoms with Gasteiger partial charge in [0.2, 0.25) is 0 Å². The standard InChI is InChI=1S/C8H16N2O4S2.C7H6O2/c1-13-7(11)5(9)3-15-16-4-6(10)8(12)14-2;8-5-6-3-1-2-4-7(6)9/h5-6H,3-4,9-10H2,1-2H3;1-5,9H. The van der Waals surface area contributed by atoms with Crippen LogP contribution in [0, 0.1) is 0 Å². The molecule has 0 radical (unpaired) electrons. The highest BCUT2D eigenvalue weighted by molar-refractivity contribution is 8.76. The Labute approximate surface area is 154 Å². The molecule has 0 bridgehead atoms. The smallest absolute Gasteiger partial charge is 0.323 e. The third kappa shape index (κ3) is 9.97. The fraction of sp³-hybridized carbons (Fsp3) is 0.400. The third-order valence-corrected chi connectivity index (χ3v) is 5.12. The summed E-state index contributed by atoms with van der Waals surface area (Å²) in [5.74, 6) is -0.0561. The van der Waals surface area contributed by atoms with Crippen molar-refractivity contribution in [3.05, 3.63) is 29.8 Å². The Kier molecular flexibility index (Phi) is 12.6. The molecule has 0 amide bonds. The Balaban J connectivity index is 0.000000535. The van der Waals surface area contributed by atoms with Gasteiger partial charge in [0.05, 0.1) is 19.8 Å². The molecular weight excluding hydrogens is 368 g/mol. The van der Waals surface area contributed by atoms with Gasteiger partial charge in [0.1, 0.15) is 17.8 Å². The molecule has 0 aromatic heterocycles. The maximum absolute atomic E-state index is 10.9. The molecule has 0 fully saturated rings. The monoisotopic (exact) mass is 390 g/mol. The summed E-state index contributed by atoms with van der Waals surface area (Å²) in [6, 6.07) is 5.09. The van der Waals surface area contributed by atoms with E-state index in [1.54, 1.807) is 18.2 Å². The van der Waals surface area contributed by atoms with Gasteiger partial charge in [0, 0.05) is 11.5 Å². The van der Waals surface area contributed by atoms with Gasteiger partial charge in [-0.15, -0.1) is 0 Å². The van der Waals surface area contributed by atoms with Crippen LogP contribution >= 0.6 is 21.6 Å². The van der Waals surface area contributed by atoms with Crippen molar-refractivity contribution >= 4 is 39.8 Å². The highest BCUT2D eigenvalue weighted by atomic mass is 33.1. The van der Waals surface area contributed by atoms with Crippen LogP contribution in [0.1, 0.15) is 10.4 Å². The molecule has 0 aliphatic rings. The van der Waals surface area contributed by atoms with Crippen LogP contribution < -0.4 is 11.5 Å². The number of nitrogens with two attached hydrogens (primary N) is 2. The molecule has 2 unspecified atom stereocenters. The van der Waals surface area contributed by atoms with Crippen LogP contribution in [0.5, 0.6) is 5.75 Å². The van der Waals surface area contributed by atoms with E-state index in [2.05, 4.69) is 9.47 Å². The number of hydrogen-bond acceptors (Lipinski definition) is 10. The first kappa shape index (κ1) is 23.2. The topological polar surface area (TPSA) is 142 Å². The predicted octanol–water partition coefficient (Wildman–Crippen LogP) is 0.573. The van der Waals surface area contributed by atoms with Gasteiger partial charge in [-0.1, -0.05) is 33.7 Å². The summed E-state index contributed by atoms with van der Waals surface area (Å²) in [5.41, 5.74) is 11.3. The maximum atomic E-state index is 10.9. The van der Waals surface area contributed by atoms with Crippen molar-refractivity contribution in [2.45, 2.75) is 12.1 Å². The lowest BCUT2D eigenvalue weighted by molar-refractivity contribution is -0.142. The summed E-state index contributed by atoms with van der Waals surface area (Å²) in [6.07, 6.45) is 0.620. The summed E-state index contributed by atoms with van der Waals surface area (Å²) in [6.45, 7) is 0. The second kappa shape index (κ2) is 13.5. The number of benzene rings is 1. The summed E-state index contributed by atoms with van der Waals surface area (Å²) >= 11 is 0. The predicted molar refractivity (Wildman–Crippen MR) is 98.4 cm³/mol. The van der Waals surface area contributed by atoms with Gasteiger partial charge in [-0.05, 0) is 12.1 Å². The van der Waals surface area contributed by atoms with Crippen molar-refractivity contribution < 1.29 is 29.0 Å². The lowest BCUT2D eigenvalue weighted by atomic mass is 10.2. The number of phenols is 1. The highest BCUT2D eigenvalue weighted by Gasteiger charge is 2.16. The second-order valence-electron chi connectivity index (χ2n) is 4.51. The van der Waals surface area contributed by atoms with Gasteiger partial charge in [0.15, 0.2) is 6.29 Å². The van der Waals surface area contributed by atoms with E-state index in [0.717, 1.165) is 0 Å². The minimum atomic E-state index is -0.656. The minimum Gasteiger partial charge on any atom is -0.507 e. The van der Waals surface area contributed by atoms with E-state index in [4.69, 9.17) is 16.6 Å². The van der Waals surface area contributed by atoms with Crippen LogP contribution in [0.4, 0.5) is 0 Å². The van der Waals surface area contributed by atoms with Crippen molar-refractivity contribution in [1.29, 1.82) is 0 Å². The van der Waals surface area contributed by atoms with Gasteiger partial charge in [-0.3, -0.25) is 14.4 Å². The zero-order valence-corrected chi connectivity index (χ0v) is 15.5. The molecule has 10 heteroatoms. The van der Waals surface area contributed by atoms with Gasteiger partial charge in [0.25, 0.3) is 0 Å². The number of methoxy groups -OCH3 is 2. The SMILES string of the molecule is COC(=O)C(N)CSSCC(N)C(=O)OC.O=Cc1ccccc1O. The Bertz CT molecular complexity index is 535. The number of hydrogen-bond donors (Lipinski definition) is 3. The minimum absolute atomic E-state index is 0.0347. The number of rotatable bonds is 8. The van der Waals surface area contributed by atoms with Crippen LogP contribution in [-0.4, -0.2) is 61.1 Å². The second-order valence-corrected chi connectivity index (χ2v) is 7.06. The number of esters is 2. The van der Waals surface area contributed by atoms with Crippen LogP contribution in [0.3, 0.4) is 0 Å². The van der Waals surface area contributed by atoms with E-state index in [-0.39, 0.29) is 5.75 Å². The lowest BCUT2D eigenvalue weighted by Gasteiger charge is -2.10. The molecule has 25 heavy (non-hydrogen) atoms. The van der Waals surface area contributed by atoms with Crippen molar-refractivity contribution in [2.75, 3.05) is 25.7 Å². The summed E-state index contributed by atoms with van der Waals surface area (Å²) in [4.78, 5) is 31.9. The molecule has 5 N–H and O–H groups in total. The fourth-order valence-electron chi connectivity index (χ4n) is 1.27. The number of phenolic OH excluding ortho intramolecular Hbond substituents is 1. The van der Waals surface area contributed by atoms with E-state index in [0.29, 0.717) is 23.4 Å². The molecule has 0 spiro atoms. The highest BCUT2D eigenvalue weighted by Crippen LogP contribution is 2.22. The molecule has 0 aliphatic heterocycles. The molecule has 0 saturated heterocycles. The number of aromatic hydroxyl groups is 1. The van der Waals surface area contributed by atoms with Crippen LogP contribution in [0.25, 0.3) is 0 Å². The van der Waals surface area contributed by atoms with Crippen molar-refractivity contribution in [1.82, 2.24) is 0 Å². The summed E-state index contributed by atoms with van der Waals surface area (Å²) in [7, 11) is 5.30. The van der Waals surface area contributed by atoms with E-state index >= 15 is 0 Å². The molecular formula is C15H22N2O6S2. The zero-order chi connectivity index (χ0) is 19.2. The molecule has 8 nitrogen and oxygen atoms in total. The zero-order valence-electron chi connectivity index (χ0n) is 13.9. The average Bonchev–Trinajstić information content (AvgIpc) is 2.64. The van der Waals surface area contributed by atoms with E-state index in [1.165, 1.54) is 41.9 Å². The summed E-state index contributed by atoms with van der Waals surface area (Å²) in [5, 5.41) is 8.88. The first-order valence-corrected chi connectivity index (χ1v) is 9.50. The van der Waals surface area contributed by atoms with Crippen LogP contribution in [0.2, 0.25) is 0 Å². The maximum Gasteiger partial charge on any atom is 0.323 e. The quantitative estimate of drug-likeness (QED) is 0.249. The molecule has 0 heterocycles. The number of ether oxygens (including phenoxy) is 2. The van der Waals surface area contributed by atoms with E-state index in [9.17, 15) is 14.4 Å². The summed E-state index contributed by atoms with van der Waals surface area (Å²) < 4.78 is 8.92. The molecule has 1 aromatic carbocycles. The molecule has 0 saturated carbocycles. The lowest BCUT2D eigenvalue weighted by Crippen LogP contribution is -2.34. The first-order valence-electron chi connectivity index (χ1n) is 7.01. The first-order chi connectivity index (χ1) is 11.9. The Morgan fingerprint density at radius 2 is 1.52 bits per heavy atom. The normalized spacial score (nSPS) is 12.2. The molecule has 1 rings (SSSR count). The molecule has 1 aromatic rings. The number of para-hydroxylation sites is 1. The Hall–Kier alpha value is -1.75. The Morgan fingerprint density at radius 3 is 1.84 bits per heavy atom. The van der Waals surface area contributed by atoms with Crippen LogP contribution in [0.15, 0.2) is 24.3 Å². The van der Waals surface area contributed by atoms with Gasteiger partial charge < -0.3 is 26.0 Å². The van der Waals surface area contributed by atoms with Crippen molar-refractivity contribution in [3.8, 4) is 5.75 Å². The third-order valence-electron chi connectivity index (χ3n) is 2.65. The van der Waals surface area contributed by atoms with E-state index < -0.39 is 24.0 Å². The molecule has 140 valence electrons. The largest absolute Gasteiger partial charge is 0.507 e. The van der Waals surface area contributed by atoms with Crippen molar-refractivity contribution in [2.24, 2.45) is 11.5 Å². The Morgan fingerprint density at radius 1 is 1.08 bits per heavy atom. The van der Waals surface area contributed by atoms with Gasteiger partial charge in [-0.2, -0.15) is 0 Å². The number of carbonyl (C=O) groups excluding carboxylic acids is 3. The molecule has 2 atom stereocenters. The van der Waals surface area contributed by atoms with E-state index in [1.807, 2.05) is 0 Å².